The van der Waals surface area contributed by atoms with Crippen LogP contribution in [0.2, 0.25) is 0 Å². The first-order valence-corrected chi connectivity index (χ1v) is 4.30. The first kappa shape index (κ1) is 9.46. The van der Waals surface area contributed by atoms with E-state index in [0.29, 0.717) is 5.56 Å². The van der Waals surface area contributed by atoms with Gasteiger partial charge in [-0.25, -0.2) is 8.78 Å². The molecule has 0 aliphatic carbocycles. The summed E-state index contributed by atoms with van der Waals surface area (Å²) in [7, 11) is 0. The molecule has 0 spiro atoms. The molecule has 0 unspecified atom stereocenters. The lowest BCUT2D eigenvalue weighted by molar-refractivity contribution is 0.563. The Morgan fingerprint density at radius 1 is 1.42 bits per heavy atom. The number of benzene rings is 1. The van der Waals surface area contributed by atoms with Crippen molar-refractivity contribution in [3.05, 3.63) is 32.9 Å². The van der Waals surface area contributed by atoms with E-state index in [1.165, 1.54) is 12.1 Å². The molecule has 3 heteroatoms. The zero-order valence-corrected chi connectivity index (χ0v) is 8.23. The molecule has 0 radical (unpaired) electrons. The standard InChI is InChI=1S/C9H5F2I/c1-2-3-6-4-5-7(10)9(12)8(6)11/h1,4-5H,3H2. The van der Waals surface area contributed by atoms with Gasteiger partial charge in [0.15, 0.2) is 0 Å². The fourth-order valence-electron chi connectivity index (χ4n) is 0.812. The van der Waals surface area contributed by atoms with Crippen LogP contribution in [-0.2, 0) is 6.42 Å². The summed E-state index contributed by atoms with van der Waals surface area (Å²) < 4.78 is 25.8. The highest BCUT2D eigenvalue weighted by Gasteiger charge is 2.09. The van der Waals surface area contributed by atoms with Crippen molar-refractivity contribution < 1.29 is 8.78 Å². The Morgan fingerprint density at radius 3 is 2.67 bits per heavy atom. The van der Waals surface area contributed by atoms with Crippen molar-refractivity contribution in [3.63, 3.8) is 0 Å². The van der Waals surface area contributed by atoms with E-state index in [0.717, 1.165) is 0 Å². The van der Waals surface area contributed by atoms with Crippen molar-refractivity contribution in [2.75, 3.05) is 0 Å². The molecule has 0 N–H and O–H groups in total. The third kappa shape index (κ3) is 1.75. The SMILES string of the molecule is C#CCc1ccc(F)c(I)c1F. The third-order valence-corrected chi connectivity index (χ3v) is 2.40. The van der Waals surface area contributed by atoms with Crippen LogP contribution in [0.3, 0.4) is 0 Å². The molecule has 0 atom stereocenters. The van der Waals surface area contributed by atoms with Gasteiger partial charge < -0.3 is 0 Å². The summed E-state index contributed by atoms with van der Waals surface area (Å²) in [6.07, 6.45) is 5.20. The Hall–Kier alpha value is -0.630. The predicted octanol–water partition coefficient (Wildman–Crippen LogP) is 2.75. The van der Waals surface area contributed by atoms with Gasteiger partial charge in [-0.05, 0) is 28.7 Å². The summed E-state index contributed by atoms with van der Waals surface area (Å²) in [5.74, 6) is 1.21. The Balaban J connectivity index is 3.19. The van der Waals surface area contributed by atoms with E-state index in [9.17, 15) is 8.78 Å². The van der Waals surface area contributed by atoms with Crippen LogP contribution < -0.4 is 0 Å². The summed E-state index contributed by atoms with van der Waals surface area (Å²) in [5, 5.41) is 0. The monoisotopic (exact) mass is 278 g/mol. The summed E-state index contributed by atoms with van der Waals surface area (Å²) in [6.45, 7) is 0. The molecular formula is C9H5F2I. The smallest absolute Gasteiger partial charge is 0.143 e. The summed E-state index contributed by atoms with van der Waals surface area (Å²) in [5.41, 5.74) is 0.364. The highest BCUT2D eigenvalue weighted by molar-refractivity contribution is 14.1. The second-order valence-corrected chi connectivity index (χ2v) is 3.29. The molecule has 0 heterocycles. The molecule has 1 aromatic carbocycles. The molecule has 0 bridgehead atoms. The maximum Gasteiger partial charge on any atom is 0.143 e. The average Bonchev–Trinajstić information content (AvgIpc) is 2.07. The largest absolute Gasteiger partial charge is 0.206 e. The molecule has 0 saturated carbocycles. The Kier molecular flexibility index (Phi) is 3.04. The van der Waals surface area contributed by atoms with E-state index < -0.39 is 11.6 Å². The molecule has 0 amide bonds. The van der Waals surface area contributed by atoms with Crippen LogP contribution in [0.5, 0.6) is 0 Å². The Bertz CT molecular complexity index is 339. The number of hydrogen-bond donors (Lipinski definition) is 0. The molecule has 12 heavy (non-hydrogen) atoms. The fraction of sp³-hybridized carbons (Fsp3) is 0.111. The minimum atomic E-state index is -0.548. The van der Waals surface area contributed by atoms with Gasteiger partial charge in [-0.2, -0.15) is 0 Å². The van der Waals surface area contributed by atoms with Gasteiger partial charge in [0.2, 0.25) is 0 Å². The summed E-state index contributed by atoms with van der Waals surface area (Å²) in [6, 6.07) is 2.59. The van der Waals surface area contributed by atoms with Crippen LogP contribution in [0.1, 0.15) is 5.56 Å². The lowest BCUT2D eigenvalue weighted by atomic mass is 10.1. The number of terminal acetylenes is 1. The van der Waals surface area contributed by atoms with E-state index in [4.69, 9.17) is 6.42 Å². The van der Waals surface area contributed by atoms with E-state index in [-0.39, 0.29) is 9.99 Å². The van der Waals surface area contributed by atoms with Gasteiger partial charge in [0.25, 0.3) is 0 Å². The van der Waals surface area contributed by atoms with Crippen LogP contribution in [0, 0.1) is 27.5 Å². The minimum Gasteiger partial charge on any atom is -0.206 e. The number of halogens is 3. The summed E-state index contributed by atoms with van der Waals surface area (Å²) >= 11 is 1.62. The second kappa shape index (κ2) is 3.85. The van der Waals surface area contributed by atoms with E-state index in [1.54, 1.807) is 22.6 Å². The molecular weight excluding hydrogens is 273 g/mol. The molecule has 0 saturated heterocycles. The molecule has 0 aliphatic heterocycles. The van der Waals surface area contributed by atoms with Crippen molar-refractivity contribution in [1.82, 2.24) is 0 Å². The second-order valence-electron chi connectivity index (χ2n) is 2.22. The lowest BCUT2D eigenvalue weighted by Crippen LogP contribution is -1.95. The average molecular weight is 278 g/mol. The molecule has 0 nitrogen and oxygen atoms in total. The van der Waals surface area contributed by atoms with E-state index >= 15 is 0 Å². The van der Waals surface area contributed by atoms with Crippen molar-refractivity contribution >= 4 is 22.6 Å². The van der Waals surface area contributed by atoms with Crippen molar-refractivity contribution in [1.29, 1.82) is 0 Å². The van der Waals surface area contributed by atoms with Gasteiger partial charge in [-0.1, -0.05) is 6.07 Å². The molecule has 0 aliphatic rings. The van der Waals surface area contributed by atoms with Crippen molar-refractivity contribution in [3.8, 4) is 12.3 Å². The normalized spacial score (nSPS) is 9.50. The zero-order valence-electron chi connectivity index (χ0n) is 6.07. The molecule has 1 aromatic rings. The fourth-order valence-corrected chi connectivity index (χ4v) is 1.34. The molecule has 62 valence electrons. The van der Waals surface area contributed by atoms with Crippen molar-refractivity contribution in [2.24, 2.45) is 0 Å². The highest BCUT2D eigenvalue weighted by atomic mass is 127. The molecule has 0 aromatic heterocycles. The number of hydrogen-bond acceptors (Lipinski definition) is 0. The van der Waals surface area contributed by atoms with Gasteiger partial charge in [0.05, 0.1) is 3.57 Å². The first-order valence-electron chi connectivity index (χ1n) is 3.22. The lowest BCUT2D eigenvalue weighted by Gasteiger charge is -2.01. The van der Waals surface area contributed by atoms with Crippen LogP contribution in [0.15, 0.2) is 12.1 Å². The minimum absolute atomic E-state index is 0.000324. The maximum atomic E-state index is 13.1. The van der Waals surface area contributed by atoms with Crippen LogP contribution in [-0.4, -0.2) is 0 Å². The predicted molar refractivity (Wildman–Crippen MR) is 51.6 cm³/mol. The quantitative estimate of drug-likeness (QED) is 0.421. The summed E-state index contributed by atoms with van der Waals surface area (Å²) in [4.78, 5) is 0. The Morgan fingerprint density at radius 2 is 2.08 bits per heavy atom. The van der Waals surface area contributed by atoms with Gasteiger partial charge in [-0.3, -0.25) is 0 Å². The van der Waals surface area contributed by atoms with Gasteiger partial charge >= 0.3 is 0 Å². The van der Waals surface area contributed by atoms with Crippen LogP contribution in [0.25, 0.3) is 0 Å². The van der Waals surface area contributed by atoms with Crippen molar-refractivity contribution in [2.45, 2.75) is 6.42 Å². The third-order valence-electron chi connectivity index (χ3n) is 1.41. The van der Waals surface area contributed by atoms with Crippen LogP contribution in [0.4, 0.5) is 8.78 Å². The number of rotatable bonds is 1. The topological polar surface area (TPSA) is 0 Å². The van der Waals surface area contributed by atoms with Gasteiger partial charge in [0, 0.05) is 12.0 Å². The van der Waals surface area contributed by atoms with Gasteiger partial charge in [-0.15, -0.1) is 12.3 Å². The molecule has 1 rings (SSSR count). The Labute approximate surface area is 83.1 Å². The molecule has 0 fully saturated rings. The maximum absolute atomic E-state index is 13.1. The van der Waals surface area contributed by atoms with E-state index in [2.05, 4.69) is 5.92 Å². The highest BCUT2D eigenvalue weighted by Crippen LogP contribution is 2.18. The van der Waals surface area contributed by atoms with E-state index in [1.807, 2.05) is 0 Å². The zero-order chi connectivity index (χ0) is 9.14. The van der Waals surface area contributed by atoms with Gasteiger partial charge in [0.1, 0.15) is 11.6 Å². The first-order chi connectivity index (χ1) is 5.66. The van der Waals surface area contributed by atoms with Crippen LogP contribution >= 0.6 is 22.6 Å².